The van der Waals surface area contributed by atoms with E-state index in [0.717, 1.165) is 25.6 Å². The number of nitrogens with two attached hydrogens (primary N) is 1. The fraction of sp³-hybridized carbons (Fsp3) is 0.571. The molecule has 1 aliphatic carbocycles. The molecule has 0 aliphatic heterocycles. The summed E-state index contributed by atoms with van der Waals surface area (Å²) in [7, 11) is 0. The average Bonchev–Trinajstić information content (AvgIpc) is 3.14. The lowest BCUT2D eigenvalue weighted by molar-refractivity contribution is 0.0934. The Morgan fingerprint density at radius 3 is 2.76 bits per heavy atom. The van der Waals surface area contributed by atoms with Gasteiger partial charge in [0.15, 0.2) is 0 Å². The Balaban J connectivity index is 1.79. The molecule has 1 atom stereocenters. The first kappa shape index (κ1) is 13.1. The van der Waals surface area contributed by atoms with Crippen LogP contribution >= 0.6 is 15.9 Å². The number of benzene rings is 1. The highest BCUT2D eigenvalue weighted by atomic mass is 79.9. The highest BCUT2D eigenvalue weighted by molar-refractivity contribution is 9.10. The molecule has 0 amide bonds. The minimum absolute atomic E-state index is 0.424. The van der Waals surface area contributed by atoms with Crippen molar-refractivity contribution in [3.63, 3.8) is 0 Å². The predicted octanol–water partition coefficient (Wildman–Crippen LogP) is 2.99. The minimum atomic E-state index is 0.424. The molecule has 0 bridgehead atoms. The third kappa shape index (κ3) is 4.41. The number of halogens is 1. The van der Waals surface area contributed by atoms with E-state index in [-0.39, 0.29) is 0 Å². The maximum Gasteiger partial charge on any atom is 0.0509 e. The quantitative estimate of drug-likeness (QED) is 0.840. The van der Waals surface area contributed by atoms with Crippen molar-refractivity contribution in [3.8, 4) is 0 Å². The van der Waals surface area contributed by atoms with Gasteiger partial charge in [0, 0.05) is 11.1 Å². The highest BCUT2D eigenvalue weighted by Gasteiger charge is 2.21. The number of rotatable bonds is 7. The zero-order chi connectivity index (χ0) is 12.1. The van der Waals surface area contributed by atoms with Gasteiger partial charge in [-0.2, -0.15) is 0 Å². The molecular weight excluding hydrogens is 278 g/mol. The van der Waals surface area contributed by atoms with Gasteiger partial charge in [0.1, 0.15) is 0 Å². The Labute approximate surface area is 112 Å². The van der Waals surface area contributed by atoms with E-state index in [2.05, 4.69) is 34.1 Å². The number of ether oxygens (including phenoxy) is 1. The second-order valence-electron chi connectivity index (χ2n) is 4.88. The molecule has 17 heavy (non-hydrogen) atoms. The van der Waals surface area contributed by atoms with Crippen LogP contribution in [0.15, 0.2) is 28.7 Å². The zero-order valence-corrected chi connectivity index (χ0v) is 11.7. The van der Waals surface area contributed by atoms with Crippen LogP contribution in [-0.4, -0.2) is 19.8 Å². The van der Waals surface area contributed by atoms with Crippen molar-refractivity contribution < 1.29 is 4.74 Å². The molecule has 94 valence electrons. The summed E-state index contributed by atoms with van der Waals surface area (Å²) >= 11 is 3.57. The zero-order valence-electron chi connectivity index (χ0n) is 10.1. The highest BCUT2D eigenvalue weighted by Crippen LogP contribution is 2.29. The summed E-state index contributed by atoms with van der Waals surface area (Å²) in [4.78, 5) is 0. The molecule has 0 saturated heterocycles. The van der Waals surface area contributed by atoms with Crippen LogP contribution in [0.4, 0.5) is 0 Å². The van der Waals surface area contributed by atoms with E-state index in [1.54, 1.807) is 0 Å². The van der Waals surface area contributed by atoms with Crippen LogP contribution in [0, 0.1) is 11.8 Å². The van der Waals surface area contributed by atoms with Gasteiger partial charge >= 0.3 is 0 Å². The Morgan fingerprint density at radius 1 is 1.35 bits per heavy atom. The van der Waals surface area contributed by atoms with E-state index >= 15 is 0 Å². The van der Waals surface area contributed by atoms with Crippen molar-refractivity contribution in [1.29, 1.82) is 0 Å². The molecule has 0 heterocycles. The summed E-state index contributed by atoms with van der Waals surface area (Å²) in [6, 6.07) is 8.33. The topological polar surface area (TPSA) is 35.2 Å². The van der Waals surface area contributed by atoms with Crippen LogP contribution in [0.2, 0.25) is 0 Å². The lowest BCUT2D eigenvalue weighted by Gasteiger charge is -2.16. The molecule has 1 fully saturated rings. The van der Waals surface area contributed by atoms with Gasteiger partial charge in [-0.05, 0) is 49.3 Å². The van der Waals surface area contributed by atoms with E-state index in [9.17, 15) is 0 Å². The Kier molecular flexibility index (Phi) is 5.01. The van der Waals surface area contributed by atoms with Crippen molar-refractivity contribution in [3.05, 3.63) is 34.3 Å². The molecule has 2 N–H and O–H groups in total. The molecule has 0 spiro atoms. The molecule has 1 saturated carbocycles. The fourth-order valence-electron chi connectivity index (χ4n) is 1.87. The first-order chi connectivity index (χ1) is 8.29. The summed E-state index contributed by atoms with van der Waals surface area (Å²) in [6.07, 6.45) is 3.68. The fourth-order valence-corrected chi connectivity index (χ4v) is 2.32. The largest absolute Gasteiger partial charge is 0.381 e. The third-order valence-corrected chi connectivity index (χ3v) is 3.98. The van der Waals surface area contributed by atoms with E-state index in [4.69, 9.17) is 10.5 Å². The van der Waals surface area contributed by atoms with Gasteiger partial charge < -0.3 is 10.5 Å². The van der Waals surface area contributed by atoms with E-state index in [1.165, 1.54) is 22.9 Å². The second kappa shape index (κ2) is 6.53. The molecule has 2 nitrogen and oxygen atoms in total. The van der Waals surface area contributed by atoms with Crippen molar-refractivity contribution in [2.24, 2.45) is 17.6 Å². The molecule has 1 aliphatic rings. The molecule has 0 radical (unpaired) electrons. The number of hydrogen-bond acceptors (Lipinski definition) is 2. The van der Waals surface area contributed by atoms with Gasteiger partial charge in [-0.15, -0.1) is 0 Å². The van der Waals surface area contributed by atoms with Crippen LogP contribution in [0.1, 0.15) is 18.4 Å². The summed E-state index contributed by atoms with van der Waals surface area (Å²) in [5, 5.41) is 0. The third-order valence-electron chi connectivity index (χ3n) is 3.20. The minimum Gasteiger partial charge on any atom is -0.381 e. The van der Waals surface area contributed by atoms with Crippen LogP contribution in [0.5, 0.6) is 0 Å². The summed E-state index contributed by atoms with van der Waals surface area (Å²) in [5.41, 5.74) is 7.13. The second-order valence-corrected chi connectivity index (χ2v) is 5.73. The van der Waals surface area contributed by atoms with Gasteiger partial charge in [0.2, 0.25) is 0 Å². The van der Waals surface area contributed by atoms with Gasteiger partial charge in [0.25, 0.3) is 0 Å². The van der Waals surface area contributed by atoms with Crippen LogP contribution in [0.3, 0.4) is 0 Å². The van der Waals surface area contributed by atoms with Crippen LogP contribution in [0.25, 0.3) is 0 Å². The number of hydrogen-bond donors (Lipinski definition) is 1. The molecular formula is C14H20BrNO. The molecule has 2 rings (SSSR count). The lowest BCUT2D eigenvalue weighted by Crippen LogP contribution is -2.23. The predicted molar refractivity (Wildman–Crippen MR) is 73.9 cm³/mol. The normalized spacial score (nSPS) is 17.1. The van der Waals surface area contributed by atoms with E-state index in [0.29, 0.717) is 12.5 Å². The molecule has 3 heteroatoms. The van der Waals surface area contributed by atoms with Gasteiger partial charge in [-0.3, -0.25) is 0 Å². The lowest BCUT2D eigenvalue weighted by atomic mass is 10.0. The first-order valence-electron chi connectivity index (χ1n) is 6.30. The van der Waals surface area contributed by atoms with Crippen molar-refractivity contribution in [1.82, 2.24) is 0 Å². The van der Waals surface area contributed by atoms with Crippen molar-refractivity contribution in [2.75, 3.05) is 19.8 Å². The summed E-state index contributed by atoms with van der Waals surface area (Å²) in [5.74, 6) is 1.25. The maximum absolute atomic E-state index is 5.81. The SMILES string of the molecule is NCC(COCC1CC1)Cc1ccccc1Br. The first-order valence-corrected chi connectivity index (χ1v) is 7.10. The monoisotopic (exact) mass is 297 g/mol. The molecule has 1 unspecified atom stereocenters. The molecule has 1 aromatic carbocycles. The Bertz CT molecular complexity index is 352. The van der Waals surface area contributed by atoms with Crippen molar-refractivity contribution in [2.45, 2.75) is 19.3 Å². The van der Waals surface area contributed by atoms with Crippen LogP contribution in [-0.2, 0) is 11.2 Å². The van der Waals surface area contributed by atoms with Crippen LogP contribution < -0.4 is 5.73 Å². The standard InChI is InChI=1S/C14H20BrNO/c15-14-4-2-1-3-13(14)7-12(8-16)10-17-9-11-5-6-11/h1-4,11-12H,5-10,16H2. The molecule has 1 aromatic rings. The van der Waals surface area contributed by atoms with E-state index < -0.39 is 0 Å². The summed E-state index contributed by atoms with van der Waals surface area (Å²) < 4.78 is 6.89. The summed E-state index contributed by atoms with van der Waals surface area (Å²) in [6.45, 7) is 2.40. The Morgan fingerprint density at radius 2 is 2.12 bits per heavy atom. The van der Waals surface area contributed by atoms with E-state index in [1.807, 2.05) is 6.07 Å². The smallest absolute Gasteiger partial charge is 0.0509 e. The Hall–Kier alpha value is -0.380. The average molecular weight is 298 g/mol. The van der Waals surface area contributed by atoms with Gasteiger partial charge in [-0.1, -0.05) is 34.1 Å². The van der Waals surface area contributed by atoms with Gasteiger partial charge in [-0.25, -0.2) is 0 Å². The van der Waals surface area contributed by atoms with Gasteiger partial charge in [0.05, 0.1) is 6.61 Å². The molecule has 0 aromatic heterocycles. The van der Waals surface area contributed by atoms with Crippen molar-refractivity contribution >= 4 is 15.9 Å². The maximum atomic E-state index is 5.81.